The van der Waals surface area contributed by atoms with Gasteiger partial charge in [0.2, 0.25) is 0 Å². The van der Waals surface area contributed by atoms with E-state index in [-0.39, 0.29) is 11.6 Å². The van der Waals surface area contributed by atoms with Crippen molar-refractivity contribution in [3.8, 4) is 0 Å². The number of nitrogens with zero attached hydrogens (tertiary/aromatic N) is 4. The van der Waals surface area contributed by atoms with Crippen LogP contribution in [0.4, 0.5) is 11.6 Å². The first-order chi connectivity index (χ1) is 9.83. The lowest BCUT2D eigenvalue weighted by Crippen LogP contribution is -2.30. The lowest BCUT2D eigenvalue weighted by Gasteiger charge is -2.27. The van der Waals surface area contributed by atoms with Gasteiger partial charge in [-0.05, 0) is 31.4 Å². The molecular formula is C13H15N5O2. The molecule has 1 aliphatic heterocycles. The first-order valence-electron chi connectivity index (χ1n) is 6.63. The van der Waals surface area contributed by atoms with Crippen molar-refractivity contribution in [2.75, 3.05) is 23.3 Å². The summed E-state index contributed by atoms with van der Waals surface area (Å²) < 4.78 is 4.64. The molecule has 3 rings (SSSR count). The first kappa shape index (κ1) is 12.6. The fourth-order valence-corrected chi connectivity index (χ4v) is 2.20. The van der Waals surface area contributed by atoms with Crippen LogP contribution in [0.1, 0.15) is 29.8 Å². The van der Waals surface area contributed by atoms with Gasteiger partial charge in [-0.25, -0.2) is 0 Å². The van der Waals surface area contributed by atoms with Gasteiger partial charge in [-0.3, -0.25) is 4.79 Å². The van der Waals surface area contributed by atoms with Crippen molar-refractivity contribution < 1.29 is 9.32 Å². The maximum Gasteiger partial charge on any atom is 0.277 e. The quantitative estimate of drug-likeness (QED) is 0.916. The number of carbonyl (C=O) groups is 1. The zero-order valence-electron chi connectivity index (χ0n) is 11.0. The summed E-state index contributed by atoms with van der Waals surface area (Å²) >= 11 is 0. The molecule has 0 bridgehead atoms. The second-order valence-electron chi connectivity index (χ2n) is 4.66. The van der Waals surface area contributed by atoms with E-state index in [0.717, 1.165) is 18.9 Å². The van der Waals surface area contributed by atoms with Crippen molar-refractivity contribution in [2.24, 2.45) is 0 Å². The molecule has 3 heterocycles. The molecule has 1 N–H and O–H groups in total. The van der Waals surface area contributed by atoms with Crippen molar-refractivity contribution in [1.82, 2.24) is 15.4 Å². The Morgan fingerprint density at radius 2 is 2.00 bits per heavy atom. The summed E-state index contributed by atoms with van der Waals surface area (Å²) in [5.41, 5.74) is 0.258. The summed E-state index contributed by atoms with van der Waals surface area (Å²) in [7, 11) is 0. The molecular weight excluding hydrogens is 258 g/mol. The van der Waals surface area contributed by atoms with Crippen LogP contribution in [0.15, 0.2) is 29.0 Å². The molecule has 0 spiro atoms. The van der Waals surface area contributed by atoms with Crippen LogP contribution >= 0.6 is 0 Å². The first-order valence-corrected chi connectivity index (χ1v) is 6.63. The Bertz CT molecular complexity index is 561. The zero-order chi connectivity index (χ0) is 13.8. The third kappa shape index (κ3) is 2.76. The number of anilines is 2. The number of nitrogens with one attached hydrogen (secondary N) is 1. The molecule has 104 valence electrons. The molecule has 2 aromatic heterocycles. The van der Waals surface area contributed by atoms with Gasteiger partial charge in [0.25, 0.3) is 5.91 Å². The van der Waals surface area contributed by atoms with E-state index >= 15 is 0 Å². The molecule has 0 saturated carbocycles. The lowest BCUT2D eigenvalue weighted by molar-refractivity contribution is 0.102. The molecule has 0 aliphatic carbocycles. The topological polar surface area (TPSA) is 84.2 Å². The van der Waals surface area contributed by atoms with Crippen LogP contribution < -0.4 is 10.2 Å². The van der Waals surface area contributed by atoms with Crippen LogP contribution in [-0.4, -0.2) is 34.4 Å². The van der Waals surface area contributed by atoms with Gasteiger partial charge in [0.05, 0.1) is 0 Å². The molecule has 1 amide bonds. The van der Waals surface area contributed by atoms with Gasteiger partial charge in [-0.1, -0.05) is 5.16 Å². The Labute approximate surface area is 116 Å². The largest absolute Gasteiger partial charge is 0.363 e. The van der Waals surface area contributed by atoms with Crippen LogP contribution in [0, 0.1) is 0 Å². The molecule has 1 fully saturated rings. The number of hydrogen-bond donors (Lipinski definition) is 1. The molecule has 0 aromatic carbocycles. The van der Waals surface area contributed by atoms with Gasteiger partial charge >= 0.3 is 0 Å². The Balaban J connectivity index is 1.67. The standard InChI is InChI=1S/C13H15N5O2/c19-13(14-11-6-9-20-17-11)10-4-5-12(16-15-10)18-7-2-1-3-8-18/h4-6,9H,1-3,7-8H2,(H,14,17,19). The molecule has 0 radical (unpaired) electrons. The third-order valence-electron chi connectivity index (χ3n) is 3.24. The van der Waals surface area contributed by atoms with Gasteiger partial charge in [0.1, 0.15) is 6.26 Å². The van der Waals surface area contributed by atoms with E-state index < -0.39 is 0 Å². The summed E-state index contributed by atoms with van der Waals surface area (Å²) in [6, 6.07) is 5.07. The fourth-order valence-electron chi connectivity index (χ4n) is 2.20. The normalized spacial score (nSPS) is 15.1. The van der Waals surface area contributed by atoms with E-state index in [0.29, 0.717) is 5.82 Å². The van der Waals surface area contributed by atoms with E-state index in [4.69, 9.17) is 0 Å². The van der Waals surface area contributed by atoms with Crippen LogP contribution in [0.2, 0.25) is 0 Å². The van der Waals surface area contributed by atoms with Crippen molar-refractivity contribution in [3.63, 3.8) is 0 Å². The highest BCUT2D eigenvalue weighted by atomic mass is 16.5. The number of amides is 1. The SMILES string of the molecule is O=C(Nc1ccon1)c1ccc(N2CCCCC2)nn1. The number of rotatable bonds is 3. The summed E-state index contributed by atoms with van der Waals surface area (Å²) in [5.74, 6) is 0.830. The van der Waals surface area contributed by atoms with Crippen molar-refractivity contribution in [3.05, 3.63) is 30.2 Å². The number of piperidine rings is 1. The third-order valence-corrected chi connectivity index (χ3v) is 3.24. The molecule has 2 aromatic rings. The van der Waals surface area contributed by atoms with Gasteiger partial charge in [0.15, 0.2) is 17.3 Å². The molecule has 7 heteroatoms. The molecule has 7 nitrogen and oxygen atoms in total. The van der Waals surface area contributed by atoms with Crippen LogP contribution in [0.25, 0.3) is 0 Å². The summed E-state index contributed by atoms with van der Waals surface area (Å²) in [4.78, 5) is 14.1. The Morgan fingerprint density at radius 3 is 2.65 bits per heavy atom. The highest BCUT2D eigenvalue weighted by Crippen LogP contribution is 2.16. The van der Waals surface area contributed by atoms with Crippen LogP contribution in [-0.2, 0) is 0 Å². The summed E-state index contributed by atoms with van der Waals surface area (Å²) in [5, 5.41) is 14.3. The van der Waals surface area contributed by atoms with Crippen LogP contribution in [0.3, 0.4) is 0 Å². The van der Waals surface area contributed by atoms with Gasteiger partial charge in [-0.2, -0.15) is 0 Å². The predicted molar refractivity (Wildman–Crippen MR) is 72.6 cm³/mol. The maximum atomic E-state index is 11.9. The molecule has 1 saturated heterocycles. The second kappa shape index (κ2) is 5.68. The molecule has 0 unspecified atom stereocenters. The second-order valence-corrected chi connectivity index (χ2v) is 4.66. The highest BCUT2D eigenvalue weighted by molar-refractivity contribution is 6.02. The van der Waals surface area contributed by atoms with Crippen molar-refractivity contribution in [1.29, 1.82) is 0 Å². The minimum Gasteiger partial charge on any atom is -0.363 e. The average Bonchev–Trinajstić information content (AvgIpc) is 3.01. The van der Waals surface area contributed by atoms with Gasteiger partial charge in [-0.15, -0.1) is 10.2 Å². The number of hydrogen-bond acceptors (Lipinski definition) is 6. The minimum atomic E-state index is -0.350. The van der Waals surface area contributed by atoms with E-state index in [1.54, 1.807) is 12.1 Å². The van der Waals surface area contributed by atoms with E-state index in [1.807, 2.05) is 6.07 Å². The van der Waals surface area contributed by atoms with Crippen molar-refractivity contribution in [2.45, 2.75) is 19.3 Å². The lowest BCUT2D eigenvalue weighted by atomic mass is 10.1. The predicted octanol–water partition coefficient (Wildman–Crippen LogP) is 1.71. The summed E-state index contributed by atoms with van der Waals surface area (Å²) in [6.07, 6.45) is 5.01. The molecule has 1 aliphatic rings. The minimum absolute atomic E-state index is 0.258. The average molecular weight is 273 g/mol. The highest BCUT2D eigenvalue weighted by Gasteiger charge is 2.14. The van der Waals surface area contributed by atoms with Crippen molar-refractivity contribution >= 4 is 17.5 Å². The van der Waals surface area contributed by atoms with E-state index in [2.05, 4.69) is 30.1 Å². The van der Waals surface area contributed by atoms with Crippen LogP contribution in [0.5, 0.6) is 0 Å². The van der Waals surface area contributed by atoms with Gasteiger partial charge < -0.3 is 14.7 Å². The Morgan fingerprint density at radius 1 is 1.15 bits per heavy atom. The van der Waals surface area contributed by atoms with Gasteiger partial charge in [0, 0.05) is 19.2 Å². The summed E-state index contributed by atoms with van der Waals surface area (Å²) in [6.45, 7) is 2.00. The molecule has 0 atom stereocenters. The fraction of sp³-hybridized carbons (Fsp3) is 0.385. The Hall–Kier alpha value is -2.44. The molecule has 20 heavy (non-hydrogen) atoms. The monoisotopic (exact) mass is 273 g/mol. The zero-order valence-corrected chi connectivity index (χ0v) is 11.0. The number of carbonyl (C=O) groups excluding carboxylic acids is 1. The Kier molecular flexibility index (Phi) is 3.58. The van der Waals surface area contributed by atoms with E-state index in [1.165, 1.54) is 25.5 Å². The smallest absolute Gasteiger partial charge is 0.277 e. The number of aromatic nitrogens is 3. The maximum absolute atomic E-state index is 11.9. The van der Waals surface area contributed by atoms with E-state index in [9.17, 15) is 4.79 Å².